The molecule has 0 saturated heterocycles. The van der Waals surface area contributed by atoms with Gasteiger partial charge in [0.2, 0.25) is 0 Å². The zero-order valence-electron chi connectivity index (χ0n) is 11.0. The molecule has 2 aromatic carbocycles. The summed E-state index contributed by atoms with van der Waals surface area (Å²) in [5.74, 6) is 1.97. The summed E-state index contributed by atoms with van der Waals surface area (Å²) in [6.45, 7) is 0.729. The number of ether oxygens (including phenoxy) is 1. The Morgan fingerprint density at radius 3 is 2.95 bits per heavy atom. The van der Waals surface area contributed by atoms with E-state index in [1.165, 1.54) is 23.4 Å². The fourth-order valence-electron chi connectivity index (χ4n) is 2.41. The number of benzene rings is 2. The number of nitrogen functional groups attached to an aromatic ring is 1. The number of nitrogens with two attached hydrogens (primary N) is 1. The number of fused-ring (bicyclic) bond motifs is 1. The molecule has 1 aliphatic heterocycles. The number of anilines is 1. The van der Waals surface area contributed by atoms with Crippen LogP contribution in [0.1, 0.15) is 17.9 Å². The van der Waals surface area contributed by atoms with E-state index >= 15 is 0 Å². The first-order valence-corrected chi connectivity index (χ1v) is 7.62. The first-order chi connectivity index (χ1) is 9.74. The van der Waals surface area contributed by atoms with E-state index < -0.39 is 0 Å². The van der Waals surface area contributed by atoms with Crippen molar-refractivity contribution in [1.82, 2.24) is 0 Å². The van der Waals surface area contributed by atoms with Gasteiger partial charge in [-0.25, -0.2) is 4.39 Å². The highest BCUT2D eigenvalue weighted by molar-refractivity contribution is 7.99. The van der Waals surface area contributed by atoms with Gasteiger partial charge in [0.1, 0.15) is 11.6 Å². The lowest BCUT2D eigenvalue weighted by Gasteiger charge is -2.25. The molecule has 104 valence electrons. The summed E-state index contributed by atoms with van der Waals surface area (Å²) in [4.78, 5) is 0.656. The standard InChI is InChI=1S/C16H16FNOS/c17-14-9-12(18)5-6-16(14)20-10-11-7-8-19-15-4-2-1-3-13(11)15/h1-6,9,11H,7-8,10,18H2. The summed E-state index contributed by atoms with van der Waals surface area (Å²) < 4.78 is 19.4. The molecular formula is C16H16FNOS. The lowest BCUT2D eigenvalue weighted by molar-refractivity contribution is 0.273. The number of hydrogen-bond acceptors (Lipinski definition) is 3. The van der Waals surface area contributed by atoms with Gasteiger partial charge in [-0.2, -0.15) is 0 Å². The molecule has 2 nitrogen and oxygen atoms in total. The van der Waals surface area contributed by atoms with Gasteiger partial charge in [0.15, 0.2) is 0 Å². The monoisotopic (exact) mass is 289 g/mol. The molecule has 2 aromatic rings. The van der Waals surface area contributed by atoms with Crippen molar-refractivity contribution in [3.8, 4) is 5.75 Å². The van der Waals surface area contributed by atoms with Crippen LogP contribution in [0.4, 0.5) is 10.1 Å². The van der Waals surface area contributed by atoms with Gasteiger partial charge < -0.3 is 10.5 Å². The van der Waals surface area contributed by atoms with Crippen LogP contribution < -0.4 is 10.5 Å². The van der Waals surface area contributed by atoms with Gasteiger partial charge in [-0.15, -0.1) is 11.8 Å². The Balaban J connectivity index is 1.73. The van der Waals surface area contributed by atoms with E-state index in [-0.39, 0.29) is 5.82 Å². The van der Waals surface area contributed by atoms with Crippen LogP contribution in [-0.4, -0.2) is 12.4 Å². The molecule has 0 radical (unpaired) electrons. The maximum Gasteiger partial charge on any atom is 0.138 e. The van der Waals surface area contributed by atoms with Crippen LogP contribution >= 0.6 is 11.8 Å². The van der Waals surface area contributed by atoms with Gasteiger partial charge >= 0.3 is 0 Å². The third-order valence-electron chi connectivity index (χ3n) is 3.48. The molecule has 0 bridgehead atoms. The largest absolute Gasteiger partial charge is 0.493 e. The van der Waals surface area contributed by atoms with E-state index in [0.717, 1.165) is 24.5 Å². The minimum absolute atomic E-state index is 0.240. The van der Waals surface area contributed by atoms with Gasteiger partial charge in [0.25, 0.3) is 0 Å². The molecule has 0 amide bonds. The molecule has 1 unspecified atom stereocenters. The van der Waals surface area contributed by atoms with Gasteiger partial charge in [0.05, 0.1) is 6.61 Å². The first-order valence-electron chi connectivity index (χ1n) is 6.63. The molecule has 3 rings (SSSR count). The Labute approximate surface area is 122 Å². The maximum atomic E-state index is 13.8. The Bertz CT molecular complexity index is 617. The molecule has 0 spiro atoms. The van der Waals surface area contributed by atoms with E-state index in [9.17, 15) is 4.39 Å². The lowest BCUT2D eigenvalue weighted by Crippen LogP contribution is -2.15. The molecule has 0 saturated carbocycles. The minimum Gasteiger partial charge on any atom is -0.493 e. The highest BCUT2D eigenvalue weighted by Crippen LogP contribution is 2.37. The molecule has 1 aliphatic rings. The van der Waals surface area contributed by atoms with Crippen molar-refractivity contribution in [2.45, 2.75) is 17.2 Å². The van der Waals surface area contributed by atoms with Crippen molar-refractivity contribution in [2.24, 2.45) is 0 Å². The Morgan fingerprint density at radius 2 is 2.10 bits per heavy atom. The molecule has 0 aliphatic carbocycles. The van der Waals surface area contributed by atoms with Crippen molar-refractivity contribution in [3.05, 3.63) is 53.8 Å². The smallest absolute Gasteiger partial charge is 0.138 e. The fraction of sp³-hybridized carbons (Fsp3) is 0.250. The zero-order valence-corrected chi connectivity index (χ0v) is 11.8. The summed E-state index contributed by atoms with van der Waals surface area (Å²) >= 11 is 1.54. The second kappa shape index (κ2) is 5.75. The summed E-state index contributed by atoms with van der Waals surface area (Å²) in [5, 5.41) is 0. The molecule has 4 heteroatoms. The molecule has 0 fully saturated rings. The predicted molar refractivity (Wildman–Crippen MR) is 80.8 cm³/mol. The minimum atomic E-state index is -0.240. The van der Waals surface area contributed by atoms with Crippen LogP contribution in [0.25, 0.3) is 0 Å². The number of thioether (sulfide) groups is 1. The Morgan fingerprint density at radius 1 is 1.25 bits per heavy atom. The van der Waals surface area contributed by atoms with Crippen molar-refractivity contribution in [1.29, 1.82) is 0 Å². The third-order valence-corrected chi connectivity index (χ3v) is 4.69. The number of para-hydroxylation sites is 1. The van der Waals surface area contributed by atoms with Crippen LogP contribution in [0.15, 0.2) is 47.4 Å². The topological polar surface area (TPSA) is 35.2 Å². The summed E-state index contributed by atoms with van der Waals surface area (Å²) in [5.41, 5.74) is 7.25. The number of halogens is 1. The molecule has 1 heterocycles. The average molecular weight is 289 g/mol. The van der Waals surface area contributed by atoms with E-state index in [0.29, 0.717) is 16.5 Å². The van der Waals surface area contributed by atoms with Crippen LogP contribution in [-0.2, 0) is 0 Å². The molecule has 1 atom stereocenters. The quantitative estimate of drug-likeness (QED) is 0.683. The van der Waals surface area contributed by atoms with Crippen LogP contribution in [0, 0.1) is 5.82 Å². The van der Waals surface area contributed by atoms with Crippen LogP contribution in [0.2, 0.25) is 0 Å². The molecular weight excluding hydrogens is 273 g/mol. The van der Waals surface area contributed by atoms with Crippen molar-refractivity contribution in [3.63, 3.8) is 0 Å². The fourth-order valence-corrected chi connectivity index (χ4v) is 3.50. The average Bonchev–Trinajstić information content (AvgIpc) is 2.46. The van der Waals surface area contributed by atoms with E-state index in [2.05, 4.69) is 6.07 Å². The van der Waals surface area contributed by atoms with E-state index in [1.807, 2.05) is 18.2 Å². The first kappa shape index (κ1) is 13.3. The highest BCUT2D eigenvalue weighted by atomic mass is 32.2. The summed E-state index contributed by atoms with van der Waals surface area (Å²) in [6.07, 6.45) is 0.973. The van der Waals surface area contributed by atoms with Crippen molar-refractivity contribution < 1.29 is 9.13 Å². The van der Waals surface area contributed by atoms with Crippen LogP contribution in [0.3, 0.4) is 0 Å². The second-order valence-electron chi connectivity index (χ2n) is 4.87. The normalized spacial score (nSPS) is 17.4. The predicted octanol–water partition coefficient (Wildman–Crippen LogP) is 4.07. The maximum absolute atomic E-state index is 13.8. The number of hydrogen-bond donors (Lipinski definition) is 1. The highest BCUT2D eigenvalue weighted by Gasteiger charge is 2.21. The van der Waals surface area contributed by atoms with Crippen molar-refractivity contribution in [2.75, 3.05) is 18.1 Å². The van der Waals surface area contributed by atoms with Gasteiger partial charge in [-0.05, 0) is 36.2 Å². The van der Waals surface area contributed by atoms with Crippen LogP contribution in [0.5, 0.6) is 5.75 Å². The zero-order chi connectivity index (χ0) is 13.9. The van der Waals surface area contributed by atoms with Crippen molar-refractivity contribution >= 4 is 17.4 Å². The van der Waals surface area contributed by atoms with Gasteiger partial charge in [-0.3, -0.25) is 0 Å². The Kier molecular flexibility index (Phi) is 3.83. The second-order valence-corrected chi connectivity index (χ2v) is 5.93. The molecule has 0 aromatic heterocycles. The van der Waals surface area contributed by atoms with Gasteiger partial charge in [0, 0.05) is 22.3 Å². The van der Waals surface area contributed by atoms with E-state index in [4.69, 9.17) is 10.5 Å². The summed E-state index contributed by atoms with van der Waals surface area (Å²) in [7, 11) is 0. The number of rotatable bonds is 3. The molecule has 20 heavy (non-hydrogen) atoms. The lowest BCUT2D eigenvalue weighted by atomic mass is 9.95. The molecule has 2 N–H and O–H groups in total. The third kappa shape index (κ3) is 2.75. The van der Waals surface area contributed by atoms with Gasteiger partial charge in [-0.1, -0.05) is 18.2 Å². The Hall–Kier alpha value is -1.68. The SMILES string of the molecule is Nc1ccc(SCC2CCOc3ccccc32)c(F)c1. The summed E-state index contributed by atoms with van der Waals surface area (Å²) in [6, 6.07) is 13.0. The van der Waals surface area contributed by atoms with E-state index in [1.54, 1.807) is 12.1 Å².